The third-order valence-electron chi connectivity index (χ3n) is 5.95. The van der Waals surface area contributed by atoms with E-state index in [0.29, 0.717) is 32.8 Å². The van der Waals surface area contributed by atoms with Crippen LogP contribution in [0.25, 0.3) is 0 Å². The van der Waals surface area contributed by atoms with Crippen molar-refractivity contribution in [2.24, 2.45) is 0 Å². The Kier molecular flexibility index (Phi) is 7.88. The van der Waals surface area contributed by atoms with Gasteiger partial charge in [0.1, 0.15) is 30.3 Å². The highest BCUT2D eigenvalue weighted by atomic mass is 16.5. The molecule has 1 atom stereocenters. The van der Waals surface area contributed by atoms with Crippen molar-refractivity contribution in [1.82, 2.24) is 14.7 Å². The summed E-state index contributed by atoms with van der Waals surface area (Å²) in [6.45, 7) is 10.3. The molecule has 2 heterocycles. The molecule has 0 aliphatic carbocycles. The highest BCUT2D eigenvalue weighted by Crippen LogP contribution is 2.20. The fourth-order valence-corrected chi connectivity index (χ4v) is 4.21. The number of benzene rings is 2. The van der Waals surface area contributed by atoms with Gasteiger partial charge in [-0.25, -0.2) is 0 Å². The zero-order valence-electron chi connectivity index (χ0n) is 20.4. The summed E-state index contributed by atoms with van der Waals surface area (Å²) in [5.74, 6) is 1.59. The van der Waals surface area contributed by atoms with E-state index < -0.39 is 5.60 Å². The fourth-order valence-electron chi connectivity index (χ4n) is 4.21. The number of hydrogen-bond donors (Lipinski definition) is 1. The Morgan fingerprint density at radius 1 is 1.03 bits per heavy atom. The van der Waals surface area contributed by atoms with Gasteiger partial charge in [-0.1, -0.05) is 29.8 Å². The van der Waals surface area contributed by atoms with E-state index in [1.54, 1.807) is 0 Å². The molecular weight excluding hydrogens is 430 g/mol. The Hall–Kier alpha value is -2.87. The Balaban J connectivity index is 1.31. The predicted molar refractivity (Wildman–Crippen MR) is 131 cm³/mol. The molecule has 4 rings (SSSR count). The number of aromatic nitrogens is 2. The average Bonchev–Trinajstić information content (AvgIpc) is 3.01. The van der Waals surface area contributed by atoms with Gasteiger partial charge in [0.2, 0.25) is 0 Å². The second-order valence-corrected chi connectivity index (χ2v) is 9.24. The SMILES string of the molecule is Cc1ccc(OC[C@@]2(O)COCCN(Cc3cccc(OCCn4nc(C)cc4C)c3)C2)cc1. The first-order valence-corrected chi connectivity index (χ1v) is 11.8. The molecule has 2 aromatic carbocycles. The van der Waals surface area contributed by atoms with Crippen molar-refractivity contribution in [2.75, 3.05) is 39.5 Å². The summed E-state index contributed by atoms with van der Waals surface area (Å²) in [5.41, 5.74) is 3.39. The summed E-state index contributed by atoms with van der Waals surface area (Å²) >= 11 is 0. The first-order chi connectivity index (χ1) is 16.4. The molecule has 0 spiro atoms. The second-order valence-electron chi connectivity index (χ2n) is 9.24. The smallest absolute Gasteiger partial charge is 0.134 e. The van der Waals surface area contributed by atoms with Crippen LogP contribution in [0.15, 0.2) is 54.6 Å². The van der Waals surface area contributed by atoms with Crippen molar-refractivity contribution in [3.63, 3.8) is 0 Å². The van der Waals surface area contributed by atoms with Crippen LogP contribution in [0.4, 0.5) is 0 Å². The molecule has 1 aliphatic heterocycles. The molecule has 0 amide bonds. The molecule has 0 bridgehead atoms. The molecule has 0 unspecified atom stereocenters. The molecule has 7 nitrogen and oxygen atoms in total. The normalized spacial score (nSPS) is 19.1. The van der Waals surface area contributed by atoms with Crippen LogP contribution in [0.1, 0.15) is 22.5 Å². The molecular formula is C27H35N3O4. The number of aryl methyl sites for hydroxylation is 3. The Morgan fingerprint density at radius 3 is 2.62 bits per heavy atom. The van der Waals surface area contributed by atoms with Gasteiger partial charge >= 0.3 is 0 Å². The Morgan fingerprint density at radius 2 is 1.85 bits per heavy atom. The van der Waals surface area contributed by atoms with Crippen molar-refractivity contribution in [1.29, 1.82) is 0 Å². The van der Waals surface area contributed by atoms with E-state index in [4.69, 9.17) is 14.2 Å². The molecule has 34 heavy (non-hydrogen) atoms. The van der Waals surface area contributed by atoms with Gasteiger partial charge in [-0.15, -0.1) is 0 Å². The van der Waals surface area contributed by atoms with E-state index >= 15 is 0 Å². The first kappa shape index (κ1) is 24.3. The van der Waals surface area contributed by atoms with Gasteiger partial charge in [-0.2, -0.15) is 5.10 Å². The van der Waals surface area contributed by atoms with Crippen molar-refractivity contribution in [2.45, 2.75) is 39.5 Å². The minimum Gasteiger partial charge on any atom is -0.492 e. The van der Waals surface area contributed by atoms with E-state index in [-0.39, 0.29) is 13.2 Å². The average molecular weight is 466 g/mol. The van der Waals surface area contributed by atoms with Crippen molar-refractivity contribution in [3.05, 3.63) is 77.1 Å². The van der Waals surface area contributed by atoms with E-state index in [2.05, 4.69) is 35.1 Å². The second kappa shape index (κ2) is 11.0. The van der Waals surface area contributed by atoms with Gasteiger partial charge in [0.25, 0.3) is 0 Å². The van der Waals surface area contributed by atoms with E-state index in [0.717, 1.165) is 35.0 Å². The van der Waals surface area contributed by atoms with Gasteiger partial charge in [0.15, 0.2) is 0 Å². The van der Waals surface area contributed by atoms with Crippen LogP contribution in [-0.2, 0) is 17.8 Å². The van der Waals surface area contributed by atoms with Crippen LogP contribution in [0, 0.1) is 20.8 Å². The number of ether oxygens (including phenoxy) is 3. The zero-order valence-corrected chi connectivity index (χ0v) is 20.4. The topological polar surface area (TPSA) is 69.0 Å². The predicted octanol–water partition coefficient (Wildman–Crippen LogP) is 3.53. The quantitative estimate of drug-likeness (QED) is 0.522. The molecule has 1 fully saturated rings. The van der Waals surface area contributed by atoms with E-state index in [1.807, 2.05) is 54.9 Å². The minimum atomic E-state index is -1.07. The summed E-state index contributed by atoms with van der Waals surface area (Å²) < 4.78 is 19.6. The molecule has 182 valence electrons. The largest absolute Gasteiger partial charge is 0.492 e. The summed E-state index contributed by atoms with van der Waals surface area (Å²) in [5, 5.41) is 15.7. The third kappa shape index (κ3) is 6.82. The summed E-state index contributed by atoms with van der Waals surface area (Å²) in [4.78, 5) is 2.21. The molecule has 0 radical (unpaired) electrons. The highest BCUT2D eigenvalue weighted by molar-refractivity contribution is 5.29. The van der Waals surface area contributed by atoms with Gasteiger partial charge in [-0.3, -0.25) is 9.58 Å². The van der Waals surface area contributed by atoms with Crippen LogP contribution in [-0.4, -0.2) is 64.9 Å². The molecule has 1 N–H and O–H groups in total. The standard InChI is InChI=1S/C27H35N3O4/c1-21-7-9-25(10-8-21)34-20-27(31)18-29(11-13-32-19-27)17-24-5-4-6-26(16-24)33-14-12-30-23(3)15-22(2)28-30/h4-10,15-16,31H,11-14,17-20H2,1-3H3/t27-/m0/s1. The molecule has 1 aromatic heterocycles. The van der Waals surface area contributed by atoms with Crippen LogP contribution in [0.5, 0.6) is 11.5 Å². The summed E-state index contributed by atoms with van der Waals surface area (Å²) in [6, 6.07) is 18.1. The van der Waals surface area contributed by atoms with Crippen LogP contribution in [0.2, 0.25) is 0 Å². The van der Waals surface area contributed by atoms with Crippen LogP contribution in [0.3, 0.4) is 0 Å². The molecule has 0 saturated carbocycles. The first-order valence-electron chi connectivity index (χ1n) is 11.8. The summed E-state index contributed by atoms with van der Waals surface area (Å²) in [7, 11) is 0. The van der Waals surface area contributed by atoms with Gasteiger partial charge < -0.3 is 19.3 Å². The van der Waals surface area contributed by atoms with Gasteiger partial charge in [0, 0.05) is 25.3 Å². The lowest BCUT2D eigenvalue weighted by molar-refractivity contribution is -0.0646. The molecule has 1 aliphatic rings. The maximum atomic E-state index is 11.2. The zero-order chi connectivity index (χ0) is 24.0. The van der Waals surface area contributed by atoms with Gasteiger partial charge in [0.05, 0.1) is 25.5 Å². The van der Waals surface area contributed by atoms with Crippen LogP contribution >= 0.6 is 0 Å². The van der Waals surface area contributed by atoms with Crippen molar-refractivity contribution < 1.29 is 19.3 Å². The lowest BCUT2D eigenvalue weighted by Gasteiger charge is -2.30. The molecule has 1 saturated heterocycles. The Labute approximate surface area is 201 Å². The molecule has 3 aromatic rings. The van der Waals surface area contributed by atoms with Gasteiger partial charge in [-0.05, 0) is 56.7 Å². The monoisotopic (exact) mass is 465 g/mol. The van der Waals surface area contributed by atoms with E-state index in [9.17, 15) is 5.11 Å². The molecule has 7 heteroatoms. The number of rotatable bonds is 9. The summed E-state index contributed by atoms with van der Waals surface area (Å²) in [6.07, 6.45) is 0. The van der Waals surface area contributed by atoms with Crippen LogP contribution < -0.4 is 9.47 Å². The highest BCUT2D eigenvalue weighted by Gasteiger charge is 2.33. The van der Waals surface area contributed by atoms with Crippen molar-refractivity contribution >= 4 is 0 Å². The lowest BCUT2D eigenvalue weighted by Crippen LogP contribution is -2.48. The van der Waals surface area contributed by atoms with Crippen molar-refractivity contribution in [3.8, 4) is 11.5 Å². The third-order valence-corrected chi connectivity index (χ3v) is 5.95. The maximum absolute atomic E-state index is 11.2. The number of nitrogens with zero attached hydrogens (tertiary/aromatic N) is 3. The minimum absolute atomic E-state index is 0.183. The lowest BCUT2D eigenvalue weighted by atomic mass is 10.1. The number of β-amino-alcohol motifs (C(OH)–C–C–N with tert-alkyl or cyclic N) is 1. The maximum Gasteiger partial charge on any atom is 0.134 e. The number of hydrogen-bond acceptors (Lipinski definition) is 6. The Bertz CT molecular complexity index is 1070. The fraction of sp³-hybridized carbons (Fsp3) is 0.444. The van der Waals surface area contributed by atoms with E-state index in [1.165, 1.54) is 5.56 Å². The number of aliphatic hydroxyl groups is 1.